The van der Waals surface area contributed by atoms with E-state index >= 15 is 0 Å². The SMILES string of the molecule is COc1ccc(S(=O)(=O)Nc2cc(Cl)c(OC)cc2OC)c(OC)c1. The van der Waals surface area contributed by atoms with Crippen LogP contribution in [-0.2, 0) is 10.0 Å². The highest BCUT2D eigenvalue weighted by atomic mass is 35.5. The van der Waals surface area contributed by atoms with Crippen LogP contribution in [0.15, 0.2) is 35.2 Å². The van der Waals surface area contributed by atoms with E-state index in [0.29, 0.717) is 11.5 Å². The number of hydrogen-bond donors (Lipinski definition) is 1. The van der Waals surface area contributed by atoms with Gasteiger partial charge in [0, 0.05) is 12.1 Å². The second kappa shape index (κ2) is 7.71. The highest BCUT2D eigenvalue weighted by Crippen LogP contribution is 2.38. The van der Waals surface area contributed by atoms with E-state index in [1.54, 1.807) is 0 Å². The van der Waals surface area contributed by atoms with Crippen molar-refractivity contribution in [2.45, 2.75) is 4.90 Å². The Bertz CT molecular complexity index is 869. The molecule has 7 nitrogen and oxygen atoms in total. The smallest absolute Gasteiger partial charge is 0.265 e. The molecular formula is C16H18ClNO6S. The van der Waals surface area contributed by atoms with Gasteiger partial charge in [-0.05, 0) is 18.2 Å². The number of sulfonamides is 1. The highest BCUT2D eigenvalue weighted by molar-refractivity contribution is 7.92. The third kappa shape index (κ3) is 4.02. The lowest BCUT2D eigenvalue weighted by molar-refractivity contribution is 0.386. The number of ether oxygens (including phenoxy) is 4. The maximum Gasteiger partial charge on any atom is 0.265 e. The summed E-state index contributed by atoms with van der Waals surface area (Å²) in [6.45, 7) is 0. The zero-order valence-electron chi connectivity index (χ0n) is 14.1. The first-order valence-corrected chi connectivity index (χ1v) is 8.88. The lowest BCUT2D eigenvalue weighted by Crippen LogP contribution is -2.15. The lowest BCUT2D eigenvalue weighted by atomic mass is 10.3. The van der Waals surface area contributed by atoms with Gasteiger partial charge in [0.25, 0.3) is 10.0 Å². The van der Waals surface area contributed by atoms with Crippen LogP contribution in [0.3, 0.4) is 0 Å². The minimum absolute atomic E-state index is 0.0511. The van der Waals surface area contributed by atoms with Crippen LogP contribution in [-0.4, -0.2) is 36.9 Å². The minimum atomic E-state index is -3.96. The molecule has 0 heterocycles. The van der Waals surface area contributed by atoms with Crippen molar-refractivity contribution in [3.63, 3.8) is 0 Å². The molecule has 2 rings (SSSR count). The van der Waals surface area contributed by atoms with Gasteiger partial charge in [-0.25, -0.2) is 8.42 Å². The van der Waals surface area contributed by atoms with E-state index in [2.05, 4.69) is 4.72 Å². The molecule has 0 unspecified atom stereocenters. The van der Waals surface area contributed by atoms with Gasteiger partial charge in [0.1, 0.15) is 27.9 Å². The number of halogens is 1. The van der Waals surface area contributed by atoms with Crippen LogP contribution in [0, 0.1) is 0 Å². The molecule has 136 valence electrons. The summed E-state index contributed by atoms with van der Waals surface area (Å²) in [6, 6.07) is 7.29. The average molecular weight is 388 g/mol. The molecule has 2 aromatic rings. The predicted octanol–water partition coefficient (Wildman–Crippen LogP) is 3.18. The molecule has 0 bridgehead atoms. The third-order valence-corrected chi connectivity index (χ3v) is 5.08. The van der Waals surface area contributed by atoms with Crippen LogP contribution in [0.1, 0.15) is 0 Å². The molecule has 0 aliphatic carbocycles. The first-order chi connectivity index (χ1) is 11.9. The van der Waals surface area contributed by atoms with Crippen molar-refractivity contribution < 1.29 is 27.4 Å². The summed E-state index contributed by atoms with van der Waals surface area (Å²) in [4.78, 5) is -0.0511. The minimum Gasteiger partial charge on any atom is -0.497 e. The van der Waals surface area contributed by atoms with E-state index in [1.807, 2.05) is 0 Å². The Morgan fingerprint density at radius 3 is 2.04 bits per heavy atom. The van der Waals surface area contributed by atoms with Crippen molar-refractivity contribution in [3.8, 4) is 23.0 Å². The fourth-order valence-corrected chi connectivity index (χ4v) is 3.59. The molecule has 9 heteroatoms. The zero-order valence-corrected chi connectivity index (χ0v) is 15.7. The largest absolute Gasteiger partial charge is 0.497 e. The molecule has 0 spiro atoms. The van der Waals surface area contributed by atoms with Crippen LogP contribution >= 0.6 is 11.6 Å². The molecular weight excluding hydrogens is 370 g/mol. The Kier molecular flexibility index (Phi) is 5.86. The van der Waals surface area contributed by atoms with Gasteiger partial charge >= 0.3 is 0 Å². The molecule has 2 aromatic carbocycles. The summed E-state index contributed by atoms with van der Waals surface area (Å²) in [5, 5.41) is 0.239. The van der Waals surface area contributed by atoms with E-state index in [4.69, 9.17) is 30.5 Å². The Balaban J connectivity index is 2.48. The molecule has 0 aliphatic heterocycles. The van der Waals surface area contributed by atoms with Crippen molar-refractivity contribution in [1.29, 1.82) is 0 Å². The number of anilines is 1. The first kappa shape index (κ1) is 19.0. The van der Waals surface area contributed by atoms with Crippen molar-refractivity contribution in [2.24, 2.45) is 0 Å². The van der Waals surface area contributed by atoms with Gasteiger partial charge in [0.2, 0.25) is 0 Å². The number of hydrogen-bond acceptors (Lipinski definition) is 6. The van der Waals surface area contributed by atoms with Crippen LogP contribution in [0.25, 0.3) is 0 Å². The van der Waals surface area contributed by atoms with Crippen molar-refractivity contribution >= 4 is 27.3 Å². The number of benzene rings is 2. The molecule has 0 aromatic heterocycles. The Labute approximate surface area is 151 Å². The Hall–Kier alpha value is -2.32. The quantitative estimate of drug-likeness (QED) is 0.785. The van der Waals surface area contributed by atoms with Crippen molar-refractivity contribution in [1.82, 2.24) is 0 Å². The first-order valence-electron chi connectivity index (χ1n) is 7.02. The van der Waals surface area contributed by atoms with Crippen LogP contribution in [0.2, 0.25) is 5.02 Å². The maximum atomic E-state index is 12.8. The topological polar surface area (TPSA) is 83.1 Å². The van der Waals surface area contributed by atoms with Gasteiger partial charge in [-0.1, -0.05) is 11.6 Å². The van der Waals surface area contributed by atoms with Gasteiger partial charge < -0.3 is 18.9 Å². The van der Waals surface area contributed by atoms with Gasteiger partial charge in [0.15, 0.2) is 0 Å². The molecule has 0 aliphatic rings. The Morgan fingerprint density at radius 2 is 1.48 bits per heavy atom. The molecule has 0 radical (unpaired) electrons. The Morgan fingerprint density at radius 1 is 0.840 bits per heavy atom. The number of nitrogens with one attached hydrogen (secondary N) is 1. The van der Waals surface area contributed by atoms with Crippen LogP contribution in [0.5, 0.6) is 23.0 Å². The summed E-state index contributed by atoms with van der Waals surface area (Å²) in [6.07, 6.45) is 0. The molecule has 25 heavy (non-hydrogen) atoms. The second-order valence-electron chi connectivity index (χ2n) is 4.81. The summed E-state index contributed by atoms with van der Waals surface area (Å²) < 4.78 is 48.5. The average Bonchev–Trinajstić information content (AvgIpc) is 2.61. The third-order valence-electron chi connectivity index (χ3n) is 3.38. The number of rotatable bonds is 7. The molecule has 0 saturated carbocycles. The highest BCUT2D eigenvalue weighted by Gasteiger charge is 2.22. The maximum absolute atomic E-state index is 12.8. The van der Waals surface area contributed by atoms with Gasteiger partial charge in [0.05, 0.1) is 39.1 Å². The fraction of sp³-hybridized carbons (Fsp3) is 0.250. The van der Waals surface area contributed by atoms with Crippen molar-refractivity contribution in [2.75, 3.05) is 33.2 Å². The molecule has 1 N–H and O–H groups in total. The molecule has 0 fully saturated rings. The van der Waals surface area contributed by atoms with E-state index in [0.717, 1.165) is 0 Å². The fourth-order valence-electron chi connectivity index (χ4n) is 2.14. The predicted molar refractivity (Wildman–Crippen MR) is 94.9 cm³/mol. The summed E-state index contributed by atoms with van der Waals surface area (Å²) in [5.74, 6) is 1.24. The lowest BCUT2D eigenvalue weighted by Gasteiger charge is -2.16. The van der Waals surface area contributed by atoms with Gasteiger partial charge in [-0.2, -0.15) is 0 Å². The second-order valence-corrected chi connectivity index (χ2v) is 6.87. The monoisotopic (exact) mass is 387 g/mol. The summed E-state index contributed by atoms with van der Waals surface area (Å²) in [5.41, 5.74) is 0.172. The molecule has 0 atom stereocenters. The summed E-state index contributed by atoms with van der Waals surface area (Å²) >= 11 is 6.07. The van der Waals surface area contributed by atoms with Crippen molar-refractivity contribution in [3.05, 3.63) is 35.4 Å². The van der Waals surface area contributed by atoms with E-state index in [-0.39, 0.29) is 27.1 Å². The number of methoxy groups -OCH3 is 4. The van der Waals surface area contributed by atoms with E-state index in [9.17, 15) is 8.42 Å². The van der Waals surface area contributed by atoms with E-state index in [1.165, 1.54) is 58.8 Å². The van der Waals surface area contributed by atoms with Gasteiger partial charge in [-0.3, -0.25) is 4.72 Å². The molecule has 0 saturated heterocycles. The van der Waals surface area contributed by atoms with Gasteiger partial charge in [-0.15, -0.1) is 0 Å². The van der Waals surface area contributed by atoms with E-state index < -0.39 is 10.0 Å². The van der Waals surface area contributed by atoms with Crippen LogP contribution in [0.4, 0.5) is 5.69 Å². The molecule has 0 amide bonds. The zero-order chi connectivity index (χ0) is 18.6. The summed E-state index contributed by atoms with van der Waals surface area (Å²) in [7, 11) is 1.75. The van der Waals surface area contributed by atoms with Crippen LogP contribution < -0.4 is 23.7 Å². The normalized spacial score (nSPS) is 10.9. The standard InChI is InChI=1S/C16H18ClNO6S/c1-21-10-5-6-16(15(7-10)24-4)25(19,20)18-12-8-11(17)13(22-2)9-14(12)23-3/h5-9,18H,1-4H3.